The van der Waals surface area contributed by atoms with E-state index in [-0.39, 0.29) is 22.4 Å². The first-order valence-corrected chi connectivity index (χ1v) is 10.5. The number of carbonyl (C=O) groups excluding carboxylic acids is 1. The van der Waals surface area contributed by atoms with E-state index in [1.165, 1.54) is 10.2 Å². The van der Waals surface area contributed by atoms with Crippen molar-refractivity contribution in [2.75, 3.05) is 31.1 Å². The number of alkyl halides is 4. The first kappa shape index (κ1) is 20.9. The maximum Gasteiger partial charge on any atom is 0.435 e. The van der Waals surface area contributed by atoms with Gasteiger partial charge in [-0.25, -0.2) is 0 Å². The third-order valence-corrected chi connectivity index (χ3v) is 5.81. The molecule has 0 atom stereocenters. The van der Waals surface area contributed by atoms with Gasteiger partial charge in [0.15, 0.2) is 5.69 Å². The summed E-state index contributed by atoms with van der Waals surface area (Å²) in [5, 5.41) is 3.69. The van der Waals surface area contributed by atoms with Crippen molar-refractivity contribution in [1.82, 2.24) is 14.7 Å². The Bertz CT molecular complexity index is 840. The van der Waals surface area contributed by atoms with Gasteiger partial charge < -0.3 is 9.80 Å². The number of aromatic nitrogens is 2. The van der Waals surface area contributed by atoms with Gasteiger partial charge in [0, 0.05) is 47.6 Å². The molecule has 2 aromatic rings. The molecular weight excluding hydrogens is 484 g/mol. The lowest BCUT2D eigenvalue weighted by Crippen LogP contribution is -2.49. The number of hydrogen-bond donors (Lipinski definition) is 0. The van der Waals surface area contributed by atoms with Gasteiger partial charge in [0.25, 0.3) is 0 Å². The number of benzene rings is 1. The van der Waals surface area contributed by atoms with Crippen LogP contribution in [-0.4, -0.2) is 46.8 Å². The third kappa shape index (κ3) is 4.44. The predicted molar refractivity (Wildman–Crippen MR) is 110 cm³/mol. The fraction of sp³-hybridized carbons (Fsp3) is 0.474. The molecule has 5 nitrogen and oxygen atoms in total. The van der Waals surface area contributed by atoms with Crippen LogP contribution in [0, 0.1) is 13.8 Å². The lowest BCUT2D eigenvalue weighted by atomic mass is 10.2. The Morgan fingerprint density at radius 3 is 2.21 bits per heavy atom. The molecule has 2 heterocycles. The van der Waals surface area contributed by atoms with Crippen LogP contribution in [0.1, 0.15) is 22.5 Å². The van der Waals surface area contributed by atoms with Crippen LogP contribution in [-0.2, 0) is 21.9 Å². The normalized spacial score (nSPS) is 15.2. The quantitative estimate of drug-likeness (QED) is 0.468. The number of nitrogens with zero attached hydrogens (tertiary/aromatic N) is 4. The molecule has 0 N–H and O–H groups in total. The zero-order valence-electron chi connectivity index (χ0n) is 15.8. The van der Waals surface area contributed by atoms with Crippen LogP contribution >= 0.6 is 22.6 Å². The van der Waals surface area contributed by atoms with E-state index in [1.807, 2.05) is 29.5 Å². The molecule has 0 bridgehead atoms. The van der Waals surface area contributed by atoms with E-state index in [0.717, 1.165) is 5.69 Å². The molecule has 1 fully saturated rings. The summed E-state index contributed by atoms with van der Waals surface area (Å²) in [4.78, 5) is 16.5. The van der Waals surface area contributed by atoms with Crippen molar-refractivity contribution in [3.63, 3.8) is 0 Å². The van der Waals surface area contributed by atoms with Gasteiger partial charge in [-0.05, 0) is 26.0 Å². The van der Waals surface area contributed by atoms with E-state index in [4.69, 9.17) is 0 Å². The largest absolute Gasteiger partial charge is 0.435 e. The Balaban J connectivity index is 1.65. The van der Waals surface area contributed by atoms with Gasteiger partial charge in [-0.2, -0.15) is 18.3 Å². The van der Waals surface area contributed by atoms with Gasteiger partial charge in [0.1, 0.15) is 6.54 Å². The monoisotopic (exact) mass is 506 g/mol. The predicted octanol–water partition coefficient (Wildman–Crippen LogP) is 3.80. The summed E-state index contributed by atoms with van der Waals surface area (Å²) < 4.78 is 40.9. The molecule has 3 rings (SSSR count). The standard InChI is InChI=1S/C19H22F3IN4O/c1-13-3-5-15(6-4-13)25-7-9-26(10-8-25)17(28)12-27-14(2)16(11-23)18(24-27)19(20,21)22/h3-6H,7-12H2,1-2H3. The number of piperazine rings is 1. The van der Waals surface area contributed by atoms with Gasteiger partial charge in [-0.1, -0.05) is 40.3 Å². The van der Waals surface area contributed by atoms with Gasteiger partial charge in [-0.3, -0.25) is 9.48 Å². The number of hydrogen-bond acceptors (Lipinski definition) is 3. The Morgan fingerprint density at radius 2 is 1.71 bits per heavy atom. The highest BCUT2D eigenvalue weighted by Gasteiger charge is 2.38. The topological polar surface area (TPSA) is 41.4 Å². The summed E-state index contributed by atoms with van der Waals surface area (Å²) in [6.07, 6.45) is -4.51. The highest BCUT2D eigenvalue weighted by molar-refractivity contribution is 14.1. The molecule has 9 heteroatoms. The average Bonchev–Trinajstić information content (AvgIpc) is 2.98. The molecule has 1 aromatic heterocycles. The Kier molecular flexibility index (Phi) is 6.21. The molecule has 0 spiro atoms. The summed E-state index contributed by atoms with van der Waals surface area (Å²) >= 11 is 1.89. The molecule has 1 aromatic carbocycles. The molecule has 1 amide bonds. The molecule has 1 aliphatic heterocycles. The Labute approximate surface area is 175 Å². The summed E-state index contributed by atoms with van der Waals surface area (Å²) in [5.41, 5.74) is 1.95. The van der Waals surface area contributed by atoms with E-state index in [9.17, 15) is 18.0 Å². The lowest BCUT2D eigenvalue weighted by Gasteiger charge is -2.36. The number of amides is 1. The van der Waals surface area contributed by atoms with E-state index in [1.54, 1.807) is 11.8 Å². The maximum atomic E-state index is 13.2. The third-order valence-electron chi connectivity index (χ3n) is 5.05. The fourth-order valence-corrected chi connectivity index (χ4v) is 4.24. The number of anilines is 1. The van der Waals surface area contributed by atoms with Crippen LogP contribution in [0.4, 0.5) is 18.9 Å². The highest BCUT2D eigenvalue weighted by atomic mass is 127. The first-order chi connectivity index (χ1) is 13.2. The van der Waals surface area contributed by atoms with Crippen molar-refractivity contribution in [3.8, 4) is 0 Å². The van der Waals surface area contributed by atoms with E-state index >= 15 is 0 Å². The van der Waals surface area contributed by atoms with Crippen LogP contribution in [0.15, 0.2) is 24.3 Å². The summed E-state index contributed by atoms with van der Waals surface area (Å²) in [6.45, 7) is 5.91. The van der Waals surface area contributed by atoms with Crippen molar-refractivity contribution in [1.29, 1.82) is 0 Å². The van der Waals surface area contributed by atoms with Crippen LogP contribution in [0.3, 0.4) is 0 Å². The van der Waals surface area contributed by atoms with E-state index < -0.39 is 11.9 Å². The summed E-state index contributed by atoms with van der Waals surface area (Å²) in [6, 6.07) is 8.22. The Morgan fingerprint density at radius 1 is 1.11 bits per heavy atom. The second kappa shape index (κ2) is 8.30. The Hall–Kier alpha value is -1.78. The highest BCUT2D eigenvalue weighted by Crippen LogP contribution is 2.33. The van der Waals surface area contributed by atoms with Gasteiger partial charge in [-0.15, -0.1) is 0 Å². The summed E-state index contributed by atoms with van der Waals surface area (Å²) in [7, 11) is 0. The maximum absolute atomic E-state index is 13.2. The SMILES string of the molecule is Cc1ccc(N2CCN(C(=O)Cn3nc(C(F)(F)F)c(CI)c3C)CC2)cc1. The summed E-state index contributed by atoms with van der Waals surface area (Å²) in [5.74, 6) is -0.206. The van der Waals surface area contributed by atoms with Crippen molar-refractivity contribution < 1.29 is 18.0 Å². The van der Waals surface area contributed by atoms with Crippen molar-refractivity contribution in [2.24, 2.45) is 0 Å². The smallest absolute Gasteiger partial charge is 0.368 e. The average molecular weight is 506 g/mol. The number of halogens is 4. The van der Waals surface area contributed by atoms with Crippen LogP contribution in [0.2, 0.25) is 0 Å². The van der Waals surface area contributed by atoms with Crippen LogP contribution < -0.4 is 4.90 Å². The second-order valence-electron chi connectivity index (χ2n) is 6.90. The van der Waals surface area contributed by atoms with Crippen molar-refractivity contribution in [2.45, 2.75) is 31.0 Å². The number of rotatable bonds is 4. The van der Waals surface area contributed by atoms with Crippen molar-refractivity contribution >= 4 is 34.2 Å². The molecule has 28 heavy (non-hydrogen) atoms. The molecule has 0 saturated carbocycles. The second-order valence-corrected chi connectivity index (χ2v) is 7.67. The van der Waals surface area contributed by atoms with Crippen LogP contribution in [0.25, 0.3) is 0 Å². The van der Waals surface area contributed by atoms with E-state index in [2.05, 4.69) is 34.3 Å². The minimum absolute atomic E-state index is 0.144. The minimum Gasteiger partial charge on any atom is -0.368 e. The van der Waals surface area contributed by atoms with Crippen LogP contribution in [0.5, 0.6) is 0 Å². The number of carbonyl (C=O) groups is 1. The lowest BCUT2D eigenvalue weighted by molar-refractivity contribution is -0.142. The number of aryl methyl sites for hydroxylation is 1. The van der Waals surface area contributed by atoms with E-state index in [0.29, 0.717) is 31.9 Å². The van der Waals surface area contributed by atoms with Gasteiger partial charge >= 0.3 is 6.18 Å². The zero-order valence-corrected chi connectivity index (χ0v) is 17.9. The molecular formula is C19H22F3IN4O. The minimum atomic E-state index is -4.51. The van der Waals surface area contributed by atoms with Crippen molar-refractivity contribution in [3.05, 3.63) is 46.8 Å². The first-order valence-electron chi connectivity index (χ1n) is 8.99. The zero-order chi connectivity index (χ0) is 20.5. The van der Waals surface area contributed by atoms with Gasteiger partial charge in [0.2, 0.25) is 5.91 Å². The molecule has 1 saturated heterocycles. The molecule has 0 unspecified atom stereocenters. The fourth-order valence-electron chi connectivity index (χ4n) is 3.32. The molecule has 1 aliphatic rings. The van der Waals surface area contributed by atoms with Gasteiger partial charge in [0.05, 0.1) is 0 Å². The molecule has 0 radical (unpaired) electrons. The molecule has 152 valence electrons. The molecule has 0 aliphatic carbocycles.